The summed E-state index contributed by atoms with van der Waals surface area (Å²) < 4.78 is 11.5. The summed E-state index contributed by atoms with van der Waals surface area (Å²) in [5.74, 6) is -0.0597. The van der Waals surface area contributed by atoms with Crippen LogP contribution in [-0.4, -0.2) is 91.5 Å². The van der Waals surface area contributed by atoms with Gasteiger partial charge in [0.1, 0.15) is 6.61 Å². The molecule has 32 heavy (non-hydrogen) atoms. The monoisotopic (exact) mass is 496 g/mol. The van der Waals surface area contributed by atoms with Crippen molar-refractivity contribution in [1.29, 1.82) is 0 Å². The lowest BCUT2D eigenvalue weighted by atomic mass is 9.91. The van der Waals surface area contributed by atoms with Crippen LogP contribution in [0.1, 0.15) is 58.8 Å². The predicted molar refractivity (Wildman–Crippen MR) is 129 cm³/mol. The summed E-state index contributed by atoms with van der Waals surface area (Å²) in [5.41, 5.74) is -0.728. The Bertz CT molecular complexity index is 550. The van der Waals surface area contributed by atoms with Gasteiger partial charge in [-0.1, -0.05) is 20.3 Å². The molecule has 188 valence electrons. The van der Waals surface area contributed by atoms with Gasteiger partial charge in [0.05, 0.1) is 6.61 Å². The molecule has 0 aromatic rings. The second kappa shape index (κ2) is 14.6. The summed E-state index contributed by atoms with van der Waals surface area (Å²) in [6, 6.07) is 0.647. The summed E-state index contributed by atoms with van der Waals surface area (Å²) >= 11 is 0. The Kier molecular flexibility index (Phi) is 13.4. The van der Waals surface area contributed by atoms with E-state index in [4.69, 9.17) is 9.47 Å². The van der Waals surface area contributed by atoms with E-state index < -0.39 is 5.72 Å². The van der Waals surface area contributed by atoms with E-state index in [0.717, 1.165) is 77.8 Å². The van der Waals surface area contributed by atoms with Crippen molar-refractivity contribution in [2.45, 2.75) is 70.6 Å². The molecule has 0 radical (unpaired) electrons. The van der Waals surface area contributed by atoms with E-state index in [1.807, 2.05) is 13.8 Å². The number of hydrogen-bond acceptors (Lipinski definition) is 7. The highest BCUT2D eigenvalue weighted by Crippen LogP contribution is 2.35. The molecule has 0 aromatic heterocycles. The van der Waals surface area contributed by atoms with Crippen LogP contribution >= 0.6 is 24.8 Å². The molecule has 0 bridgehead atoms. The van der Waals surface area contributed by atoms with Crippen molar-refractivity contribution < 1.29 is 19.1 Å². The highest BCUT2D eigenvalue weighted by Gasteiger charge is 2.43. The van der Waals surface area contributed by atoms with Crippen LogP contribution in [0.15, 0.2) is 0 Å². The fourth-order valence-corrected chi connectivity index (χ4v) is 4.92. The first-order valence-corrected chi connectivity index (χ1v) is 11.8. The number of ether oxygens (including phenoxy) is 2. The molecule has 0 aromatic carbocycles. The molecular weight excluding hydrogens is 455 g/mol. The quantitative estimate of drug-likeness (QED) is 0.298. The molecule has 0 atom stereocenters. The Morgan fingerprint density at radius 2 is 1.72 bits per heavy atom. The van der Waals surface area contributed by atoms with E-state index in [2.05, 4.69) is 15.2 Å². The lowest BCUT2D eigenvalue weighted by Crippen LogP contribution is -2.64. The zero-order chi connectivity index (χ0) is 21.4. The summed E-state index contributed by atoms with van der Waals surface area (Å²) in [6.07, 6.45) is 7.96. The smallest absolute Gasteiger partial charge is 0.332 e. The largest absolute Gasteiger partial charge is 0.464 e. The fraction of sp³-hybridized carbons (Fsp3) is 0.909. The predicted octanol–water partition coefficient (Wildman–Crippen LogP) is 2.45. The number of carbonyl (C=O) groups excluding carboxylic acids is 2. The SMILES string of the molecule is CC(C)COC(=O)COC1(N(C=O)N2CCN(C3CCNCC3)CC2)CCCCC1.Cl.Cl. The van der Waals surface area contributed by atoms with Crippen LogP contribution in [-0.2, 0) is 19.1 Å². The van der Waals surface area contributed by atoms with Gasteiger partial charge >= 0.3 is 5.97 Å². The third-order valence-corrected chi connectivity index (χ3v) is 6.61. The molecule has 2 aliphatic heterocycles. The van der Waals surface area contributed by atoms with Crippen molar-refractivity contribution in [3.05, 3.63) is 0 Å². The first kappa shape index (κ1) is 29.4. The first-order chi connectivity index (χ1) is 14.5. The Balaban J connectivity index is 0.00000256. The first-order valence-electron chi connectivity index (χ1n) is 11.8. The van der Waals surface area contributed by atoms with Crippen molar-refractivity contribution in [1.82, 2.24) is 20.2 Å². The van der Waals surface area contributed by atoms with Crippen LogP contribution in [0.3, 0.4) is 0 Å². The van der Waals surface area contributed by atoms with Gasteiger partial charge in [-0.2, -0.15) is 0 Å². The number of esters is 1. The minimum Gasteiger partial charge on any atom is -0.464 e. The highest BCUT2D eigenvalue weighted by molar-refractivity contribution is 5.85. The molecule has 3 rings (SSSR count). The van der Waals surface area contributed by atoms with Gasteiger partial charge in [0.2, 0.25) is 6.41 Å². The third kappa shape index (κ3) is 7.99. The van der Waals surface area contributed by atoms with Gasteiger partial charge in [0.15, 0.2) is 5.72 Å². The number of hydrazine groups is 1. The molecular formula is C22H42Cl2N4O4. The average molecular weight is 498 g/mol. The van der Waals surface area contributed by atoms with Crippen molar-refractivity contribution in [2.24, 2.45) is 5.92 Å². The molecule has 2 heterocycles. The molecule has 1 aliphatic carbocycles. The number of amides is 1. The third-order valence-electron chi connectivity index (χ3n) is 6.61. The molecule has 3 aliphatic rings. The Morgan fingerprint density at radius 1 is 1.09 bits per heavy atom. The highest BCUT2D eigenvalue weighted by atomic mass is 35.5. The number of rotatable bonds is 9. The van der Waals surface area contributed by atoms with E-state index in [-0.39, 0.29) is 37.4 Å². The topological polar surface area (TPSA) is 74.4 Å². The minimum absolute atomic E-state index is 0. The Labute approximate surface area is 205 Å². The van der Waals surface area contributed by atoms with E-state index in [0.29, 0.717) is 18.6 Å². The molecule has 3 fully saturated rings. The molecule has 0 unspecified atom stereocenters. The van der Waals surface area contributed by atoms with Gasteiger partial charge in [-0.15, -0.1) is 24.8 Å². The van der Waals surface area contributed by atoms with Crippen LogP contribution in [0.4, 0.5) is 0 Å². The van der Waals surface area contributed by atoms with Crippen LogP contribution in [0, 0.1) is 5.92 Å². The van der Waals surface area contributed by atoms with Crippen molar-refractivity contribution >= 4 is 37.2 Å². The van der Waals surface area contributed by atoms with Gasteiger partial charge < -0.3 is 14.8 Å². The van der Waals surface area contributed by atoms with Crippen molar-refractivity contribution in [2.75, 3.05) is 52.5 Å². The van der Waals surface area contributed by atoms with Gasteiger partial charge in [-0.25, -0.2) is 14.8 Å². The lowest BCUT2D eigenvalue weighted by molar-refractivity contribution is -0.244. The van der Waals surface area contributed by atoms with Crippen LogP contribution in [0.25, 0.3) is 0 Å². The lowest BCUT2D eigenvalue weighted by Gasteiger charge is -2.51. The maximum Gasteiger partial charge on any atom is 0.332 e. The van der Waals surface area contributed by atoms with E-state index in [9.17, 15) is 9.59 Å². The van der Waals surface area contributed by atoms with Crippen molar-refractivity contribution in [3.8, 4) is 0 Å². The molecule has 1 N–H and O–H groups in total. The summed E-state index contributed by atoms with van der Waals surface area (Å²) in [7, 11) is 0. The van der Waals surface area contributed by atoms with Gasteiger partial charge in [0.25, 0.3) is 0 Å². The standard InChI is InChI=1S/C22H40N4O4.2ClH/c1-19(2)16-29-21(28)17-30-22(8-4-3-5-9-22)26(18-27)25-14-12-24(13-15-25)20-6-10-23-11-7-20;;/h18-20,23H,3-17H2,1-2H3;2*1H. The van der Waals surface area contributed by atoms with Crippen LogP contribution < -0.4 is 5.32 Å². The molecule has 10 heteroatoms. The van der Waals surface area contributed by atoms with E-state index >= 15 is 0 Å². The number of piperidine rings is 1. The average Bonchev–Trinajstić information content (AvgIpc) is 2.78. The maximum absolute atomic E-state index is 12.2. The number of halogens is 2. The van der Waals surface area contributed by atoms with Gasteiger partial charge in [-0.05, 0) is 57.5 Å². The number of carbonyl (C=O) groups is 2. The van der Waals surface area contributed by atoms with Crippen LogP contribution in [0.5, 0.6) is 0 Å². The Morgan fingerprint density at radius 3 is 2.28 bits per heavy atom. The fourth-order valence-electron chi connectivity index (χ4n) is 4.92. The second-order valence-electron chi connectivity index (χ2n) is 9.29. The van der Waals surface area contributed by atoms with Crippen molar-refractivity contribution in [3.63, 3.8) is 0 Å². The number of nitrogens with zero attached hydrogens (tertiary/aromatic N) is 3. The van der Waals surface area contributed by atoms with E-state index in [1.54, 1.807) is 5.01 Å². The normalized spacial score (nSPS) is 22.5. The van der Waals surface area contributed by atoms with E-state index in [1.165, 1.54) is 12.8 Å². The summed E-state index contributed by atoms with van der Waals surface area (Å²) in [6.45, 7) is 10.0. The molecule has 1 amide bonds. The van der Waals surface area contributed by atoms with Gasteiger partial charge in [-0.3, -0.25) is 9.69 Å². The maximum atomic E-state index is 12.2. The van der Waals surface area contributed by atoms with Gasteiger partial charge in [0, 0.05) is 32.2 Å². The van der Waals surface area contributed by atoms with Crippen LogP contribution in [0.2, 0.25) is 0 Å². The summed E-state index contributed by atoms with van der Waals surface area (Å²) in [4.78, 5) is 26.9. The number of hydrogen-bond donors (Lipinski definition) is 1. The number of piperazine rings is 1. The molecule has 8 nitrogen and oxygen atoms in total. The Hall–Kier alpha value is -0.640. The minimum atomic E-state index is -0.728. The zero-order valence-corrected chi connectivity index (χ0v) is 21.3. The second-order valence-corrected chi connectivity index (χ2v) is 9.29. The molecule has 2 saturated heterocycles. The zero-order valence-electron chi connectivity index (χ0n) is 19.6. The molecule has 0 spiro atoms. The summed E-state index contributed by atoms with van der Waals surface area (Å²) in [5, 5.41) is 7.33. The molecule has 1 saturated carbocycles. The number of nitrogens with one attached hydrogen (secondary N) is 1.